The first-order valence-corrected chi connectivity index (χ1v) is 9.56. The second kappa shape index (κ2) is 4.48. The van der Waals surface area contributed by atoms with Crippen LogP contribution in [0.4, 0.5) is 0 Å². The van der Waals surface area contributed by atoms with Gasteiger partial charge < -0.3 is 0 Å². The van der Waals surface area contributed by atoms with Crippen molar-refractivity contribution >= 4 is 10.9 Å². The van der Waals surface area contributed by atoms with Crippen LogP contribution in [0.2, 0.25) is 0 Å². The first kappa shape index (κ1) is 12.2. The van der Waals surface area contributed by atoms with Crippen LogP contribution < -0.4 is 26.5 Å². The molecule has 0 radical (unpaired) electrons. The maximum absolute atomic E-state index is 3.47. The molecule has 102 valence electrons. The van der Waals surface area contributed by atoms with Crippen LogP contribution in [0.1, 0.15) is 30.4 Å². The molecule has 2 atom stereocenters. The van der Waals surface area contributed by atoms with E-state index in [0.717, 1.165) is 10.5 Å². The molecule has 1 saturated heterocycles. The summed E-state index contributed by atoms with van der Waals surface area (Å²) < 4.78 is 1.66. The summed E-state index contributed by atoms with van der Waals surface area (Å²) in [6.07, 6.45) is 7.68. The van der Waals surface area contributed by atoms with Gasteiger partial charge in [0.25, 0.3) is 0 Å². The van der Waals surface area contributed by atoms with E-state index in [1.54, 1.807) is 16.5 Å². The second-order valence-electron chi connectivity index (χ2n) is 5.73. The molecular weight excluding hydrogens is 347 g/mol. The molecule has 2 aliphatic rings. The van der Waals surface area contributed by atoms with Gasteiger partial charge in [-0.2, -0.15) is 0 Å². The van der Waals surface area contributed by atoms with Gasteiger partial charge in [0.05, 0.1) is 0 Å². The molecule has 1 aliphatic carbocycles. The first-order valence-electron chi connectivity index (χ1n) is 7.24. The van der Waals surface area contributed by atoms with Crippen molar-refractivity contribution in [1.82, 2.24) is 10.3 Å². The van der Waals surface area contributed by atoms with Crippen LogP contribution in [0.3, 0.4) is 0 Å². The topological polar surface area (TPSA) is 27.8 Å². The quantitative estimate of drug-likeness (QED) is 0.437. The third kappa shape index (κ3) is 1.77. The molecule has 1 aromatic heterocycles. The predicted molar refractivity (Wildman–Crippen MR) is 75.2 cm³/mol. The van der Waals surface area contributed by atoms with Crippen LogP contribution >= 0.6 is 0 Å². The fourth-order valence-electron chi connectivity index (χ4n) is 3.66. The number of alkyl halides is 2. The van der Waals surface area contributed by atoms with Gasteiger partial charge in [-0.05, 0) is 0 Å². The van der Waals surface area contributed by atoms with E-state index >= 15 is 0 Å². The molecular formula is C16H20IN2-. The van der Waals surface area contributed by atoms with Crippen LogP contribution in [-0.4, -0.2) is 22.5 Å². The SMILES string of the molecule is CNCCCC12[I-]C1CCc1c[nH]c3cccc2c13. The fraction of sp³-hybridized carbons (Fsp3) is 0.500. The molecule has 0 amide bonds. The number of H-pyrrole nitrogens is 1. The van der Waals surface area contributed by atoms with Gasteiger partial charge in [0, 0.05) is 0 Å². The minimum absolute atomic E-state index is 0.372. The normalized spacial score (nSPS) is 28.6. The van der Waals surface area contributed by atoms with Gasteiger partial charge in [0.15, 0.2) is 0 Å². The summed E-state index contributed by atoms with van der Waals surface area (Å²) in [7, 11) is 2.06. The third-order valence-electron chi connectivity index (χ3n) is 4.64. The molecule has 4 rings (SSSR count). The van der Waals surface area contributed by atoms with Crippen molar-refractivity contribution in [3.8, 4) is 0 Å². The maximum atomic E-state index is 3.47. The molecule has 0 saturated carbocycles. The number of benzene rings is 1. The van der Waals surface area contributed by atoms with Crippen molar-refractivity contribution in [2.45, 2.75) is 33.0 Å². The van der Waals surface area contributed by atoms with Crippen molar-refractivity contribution < 1.29 is 21.2 Å². The average Bonchev–Trinajstić information content (AvgIpc) is 3.00. The number of hydrogen-bond acceptors (Lipinski definition) is 1. The molecule has 2 unspecified atom stereocenters. The number of rotatable bonds is 4. The summed E-state index contributed by atoms with van der Waals surface area (Å²) in [5, 5.41) is 4.88. The van der Waals surface area contributed by atoms with E-state index in [4.69, 9.17) is 0 Å². The van der Waals surface area contributed by atoms with Gasteiger partial charge >= 0.3 is 125 Å². The van der Waals surface area contributed by atoms with Gasteiger partial charge in [0.1, 0.15) is 0 Å². The van der Waals surface area contributed by atoms with Gasteiger partial charge in [-0.25, -0.2) is 0 Å². The molecule has 3 heteroatoms. The number of halogens is 1. The Morgan fingerprint density at radius 1 is 1.47 bits per heavy atom. The zero-order valence-corrected chi connectivity index (χ0v) is 13.5. The zero-order chi connectivity index (χ0) is 12.9. The molecule has 1 aromatic carbocycles. The summed E-state index contributed by atoms with van der Waals surface area (Å²) in [4.78, 5) is 3.47. The Kier molecular flexibility index (Phi) is 2.88. The predicted octanol–water partition coefficient (Wildman–Crippen LogP) is -0.220. The van der Waals surface area contributed by atoms with Crippen molar-refractivity contribution in [2.75, 3.05) is 13.6 Å². The van der Waals surface area contributed by atoms with E-state index in [2.05, 4.69) is 41.7 Å². The van der Waals surface area contributed by atoms with Crippen molar-refractivity contribution in [1.29, 1.82) is 0 Å². The average molecular weight is 367 g/mol. The number of hydrogen-bond donors (Lipinski definition) is 2. The Labute approximate surface area is 124 Å². The van der Waals surface area contributed by atoms with Crippen LogP contribution in [-0.2, 0) is 9.84 Å². The van der Waals surface area contributed by atoms with Crippen molar-refractivity contribution in [3.63, 3.8) is 0 Å². The summed E-state index contributed by atoms with van der Waals surface area (Å²) in [5.41, 5.74) is 4.61. The summed E-state index contributed by atoms with van der Waals surface area (Å²) >= 11 is 0.372. The van der Waals surface area contributed by atoms with Gasteiger partial charge in [0.2, 0.25) is 0 Å². The molecule has 1 fully saturated rings. The Morgan fingerprint density at radius 3 is 3.32 bits per heavy atom. The number of aromatic nitrogens is 1. The van der Waals surface area contributed by atoms with E-state index in [-0.39, 0.29) is 0 Å². The Hall–Kier alpha value is -0.550. The van der Waals surface area contributed by atoms with Crippen LogP contribution in [0.25, 0.3) is 10.9 Å². The standard InChI is InChI=1S/C16H20IN2/c1-18-9-3-8-16-12-4-2-5-13-15(12)11(10-19-13)6-7-14(16)17-16/h2,4-5,10,14,18-19H,3,6-9H2,1H3/q-1. The molecule has 2 aromatic rings. The van der Waals surface area contributed by atoms with Crippen LogP contribution in [0, 0.1) is 0 Å². The second-order valence-corrected chi connectivity index (χ2v) is 9.78. The minimum atomic E-state index is 0.372. The number of aryl methyl sites for hydroxylation is 1. The van der Waals surface area contributed by atoms with Gasteiger partial charge in [-0.1, -0.05) is 0 Å². The first-order chi connectivity index (χ1) is 9.35. The van der Waals surface area contributed by atoms with Crippen molar-refractivity contribution in [2.24, 2.45) is 0 Å². The van der Waals surface area contributed by atoms with E-state index in [1.165, 1.54) is 31.2 Å². The summed E-state index contributed by atoms with van der Waals surface area (Å²) in [5.74, 6) is 0. The van der Waals surface area contributed by atoms with Crippen LogP contribution in [0.5, 0.6) is 0 Å². The third-order valence-corrected chi connectivity index (χ3v) is 9.39. The Balaban J connectivity index is 1.79. The fourth-order valence-corrected chi connectivity index (χ4v) is 7.88. The molecule has 2 N–H and O–H groups in total. The zero-order valence-electron chi connectivity index (χ0n) is 11.3. The van der Waals surface area contributed by atoms with Gasteiger partial charge in [-0.3, -0.25) is 0 Å². The molecule has 2 heterocycles. The summed E-state index contributed by atoms with van der Waals surface area (Å²) in [6, 6.07) is 6.91. The van der Waals surface area contributed by atoms with E-state index in [9.17, 15) is 0 Å². The van der Waals surface area contributed by atoms with Gasteiger partial charge in [-0.15, -0.1) is 0 Å². The number of aromatic amines is 1. The molecule has 0 bridgehead atoms. The van der Waals surface area contributed by atoms with E-state index in [1.807, 2.05) is 0 Å². The Morgan fingerprint density at radius 2 is 2.42 bits per heavy atom. The molecule has 19 heavy (non-hydrogen) atoms. The van der Waals surface area contributed by atoms with E-state index < -0.39 is 0 Å². The van der Waals surface area contributed by atoms with Crippen LogP contribution in [0.15, 0.2) is 24.4 Å². The molecule has 1 aliphatic heterocycles. The number of nitrogens with one attached hydrogen (secondary N) is 2. The molecule has 0 spiro atoms. The Bertz CT molecular complexity index is 618. The monoisotopic (exact) mass is 367 g/mol. The number of fused-ring (bicyclic) bond motifs is 2. The van der Waals surface area contributed by atoms with E-state index in [0.29, 0.717) is 24.6 Å². The summed E-state index contributed by atoms with van der Waals surface area (Å²) in [6.45, 7) is 1.16. The molecule has 2 nitrogen and oxygen atoms in total. The van der Waals surface area contributed by atoms with Crippen molar-refractivity contribution in [3.05, 3.63) is 35.5 Å².